The molecule has 0 spiro atoms. The van der Waals surface area contributed by atoms with Crippen LogP contribution in [0.2, 0.25) is 0 Å². The fourth-order valence-corrected chi connectivity index (χ4v) is 3.97. The van der Waals surface area contributed by atoms with E-state index < -0.39 is 0 Å². The molecule has 0 saturated carbocycles. The highest BCUT2D eigenvalue weighted by atomic mass is 32.2. The van der Waals surface area contributed by atoms with Crippen LogP contribution in [0, 0.1) is 13.8 Å². The number of aryl methyl sites for hydroxylation is 2. The van der Waals surface area contributed by atoms with Crippen molar-refractivity contribution in [1.82, 2.24) is 24.8 Å². The minimum absolute atomic E-state index is 0.00768. The van der Waals surface area contributed by atoms with E-state index in [1.54, 1.807) is 7.11 Å². The number of carbonyl (C=O) groups excluding carboxylic acids is 1. The van der Waals surface area contributed by atoms with Crippen molar-refractivity contribution >= 4 is 23.3 Å². The van der Waals surface area contributed by atoms with Gasteiger partial charge >= 0.3 is 0 Å². The summed E-state index contributed by atoms with van der Waals surface area (Å²) in [5.41, 5.74) is 4.41. The Balaban J connectivity index is 1.90. The number of benzene rings is 1. The average molecular weight is 414 g/mol. The van der Waals surface area contributed by atoms with Gasteiger partial charge in [0.15, 0.2) is 5.65 Å². The summed E-state index contributed by atoms with van der Waals surface area (Å²) in [4.78, 5) is 19.0. The van der Waals surface area contributed by atoms with Crippen LogP contribution >= 0.6 is 11.8 Å². The number of nitrogens with one attached hydrogen (secondary N) is 1. The fourth-order valence-electron chi connectivity index (χ4n) is 3.09. The highest BCUT2D eigenvalue weighted by molar-refractivity contribution is 7.99. The van der Waals surface area contributed by atoms with Gasteiger partial charge in [0.1, 0.15) is 10.8 Å². The first-order chi connectivity index (χ1) is 13.9. The minimum Gasteiger partial charge on any atom is -0.496 e. The first-order valence-corrected chi connectivity index (χ1v) is 10.4. The monoisotopic (exact) mass is 413 g/mol. The Hall–Kier alpha value is -2.58. The van der Waals surface area contributed by atoms with Crippen molar-refractivity contribution in [1.29, 1.82) is 0 Å². The van der Waals surface area contributed by atoms with Gasteiger partial charge in [0, 0.05) is 24.3 Å². The number of hydrogen-bond donors (Lipinski definition) is 1. The molecule has 1 aromatic carbocycles. The number of nitrogens with zero attached hydrogens (tertiary/aromatic N) is 4. The first kappa shape index (κ1) is 21.1. The van der Waals surface area contributed by atoms with Crippen LogP contribution in [0.1, 0.15) is 11.4 Å². The van der Waals surface area contributed by atoms with E-state index in [4.69, 9.17) is 14.8 Å². The highest BCUT2D eigenvalue weighted by Crippen LogP contribution is 2.35. The van der Waals surface area contributed by atoms with Gasteiger partial charge in [-0.2, -0.15) is 5.10 Å². The maximum absolute atomic E-state index is 12.2. The first-order valence-electron chi connectivity index (χ1n) is 9.45. The summed E-state index contributed by atoms with van der Waals surface area (Å²) in [5.74, 6) is 1.12. The van der Waals surface area contributed by atoms with Crippen molar-refractivity contribution < 1.29 is 9.53 Å². The topological polar surface area (TPSA) is 71.8 Å². The molecule has 0 fully saturated rings. The molecule has 2 heterocycles. The molecule has 0 aliphatic heterocycles. The zero-order valence-electron chi connectivity index (χ0n) is 17.5. The molecule has 29 heavy (non-hydrogen) atoms. The zero-order valence-corrected chi connectivity index (χ0v) is 18.3. The van der Waals surface area contributed by atoms with Gasteiger partial charge in [0.2, 0.25) is 5.91 Å². The summed E-state index contributed by atoms with van der Waals surface area (Å²) < 4.78 is 7.36. The van der Waals surface area contributed by atoms with Crippen LogP contribution in [0.4, 0.5) is 0 Å². The molecule has 0 saturated heterocycles. The van der Waals surface area contributed by atoms with E-state index in [-0.39, 0.29) is 5.91 Å². The molecule has 3 rings (SSSR count). The van der Waals surface area contributed by atoms with Crippen LogP contribution in [-0.2, 0) is 4.79 Å². The van der Waals surface area contributed by atoms with Crippen LogP contribution in [0.5, 0.6) is 5.75 Å². The smallest absolute Gasteiger partial charge is 0.230 e. The predicted molar refractivity (Wildman–Crippen MR) is 117 cm³/mol. The van der Waals surface area contributed by atoms with Crippen LogP contribution in [-0.4, -0.2) is 65.5 Å². The Morgan fingerprint density at radius 1 is 1.28 bits per heavy atom. The number of carbonyl (C=O) groups is 1. The number of ether oxygens (including phenoxy) is 1. The third-order valence-corrected chi connectivity index (χ3v) is 5.46. The number of para-hydroxylation sites is 1. The Labute approximate surface area is 175 Å². The van der Waals surface area contributed by atoms with Crippen molar-refractivity contribution in [3.63, 3.8) is 0 Å². The molecule has 8 heteroatoms. The van der Waals surface area contributed by atoms with Gasteiger partial charge in [-0.3, -0.25) is 4.79 Å². The molecule has 3 aromatic rings. The molecule has 1 N–H and O–H groups in total. The number of amides is 1. The summed E-state index contributed by atoms with van der Waals surface area (Å²) >= 11 is 1.46. The number of thioether (sulfide) groups is 1. The lowest BCUT2D eigenvalue weighted by molar-refractivity contribution is -0.118. The van der Waals surface area contributed by atoms with Gasteiger partial charge in [0.25, 0.3) is 0 Å². The maximum atomic E-state index is 12.2. The van der Waals surface area contributed by atoms with Crippen molar-refractivity contribution in [2.24, 2.45) is 0 Å². The molecule has 0 aliphatic rings. The maximum Gasteiger partial charge on any atom is 0.230 e. The summed E-state index contributed by atoms with van der Waals surface area (Å²) in [6, 6.07) is 9.82. The van der Waals surface area contributed by atoms with Crippen LogP contribution < -0.4 is 10.1 Å². The molecular weight excluding hydrogens is 386 g/mol. The lowest BCUT2D eigenvalue weighted by Crippen LogP contribution is -2.32. The summed E-state index contributed by atoms with van der Waals surface area (Å²) in [6.07, 6.45) is 0. The SMILES string of the molecule is COc1ccccc1-c1c(C)nn2c(SCC(=O)NCCN(C)C)cc(C)nc12. The van der Waals surface area contributed by atoms with Gasteiger partial charge in [-0.25, -0.2) is 9.50 Å². The van der Waals surface area contributed by atoms with Crippen molar-refractivity contribution in [3.05, 3.63) is 41.7 Å². The molecular formula is C21H27N5O2S. The molecule has 0 aliphatic carbocycles. The molecule has 7 nitrogen and oxygen atoms in total. The normalized spacial score (nSPS) is 11.2. The number of rotatable bonds is 8. The van der Waals surface area contributed by atoms with E-state index in [0.29, 0.717) is 12.3 Å². The molecule has 0 bridgehead atoms. The number of aromatic nitrogens is 3. The Morgan fingerprint density at radius 2 is 2.03 bits per heavy atom. The Bertz CT molecular complexity index is 1020. The van der Waals surface area contributed by atoms with Gasteiger partial charge in [-0.05, 0) is 40.1 Å². The van der Waals surface area contributed by atoms with Gasteiger partial charge in [-0.1, -0.05) is 30.0 Å². The molecule has 2 aromatic heterocycles. The minimum atomic E-state index is 0.00768. The van der Waals surface area contributed by atoms with E-state index in [0.717, 1.165) is 45.5 Å². The Kier molecular flexibility index (Phi) is 6.76. The summed E-state index contributed by atoms with van der Waals surface area (Å²) in [6.45, 7) is 5.37. The van der Waals surface area contributed by atoms with Gasteiger partial charge in [0.05, 0.1) is 24.1 Å². The van der Waals surface area contributed by atoms with Crippen molar-refractivity contribution in [3.8, 4) is 16.9 Å². The van der Waals surface area contributed by atoms with Crippen molar-refractivity contribution in [2.75, 3.05) is 40.0 Å². The van der Waals surface area contributed by atoms with Gasteiger partial charge < -0.3 is 15.0 Å². The third kappa shape index (κ3) is 4.89. The van der Waals surface area contributed by atoms with Crippen LogP contribution in [0.25, 0.3) is 16.8 Å². The molecule has 0 unspecified atom stereocenters. The molecule has 1 amide bonds. The highest BCUT2D eigenvalue weighted by Gasteiger charge is 2.19. The molecule has 154 valence electrons. The van der Waals surface area contributed by atoms with E-state index >= 15 is 0 Å². The number of hydrogen-bond acceptors (Lipinski definition) is 6. The number of likely N-dealkylation sites (N-methyl/N-ethyl adjacent to an activating group) is 1. The lowest BCUT2D eigenvalue weighted by atomic mass is 10.1. The van der Waals surface area contributed by atoms with Crippen LogP contribution in [0.3, 0.4) is 0 Å². The quantitative estimate of drug-likeness (QED) is 0.452. The van der Waals surface area contributed by atoms with Crippen LogP contribution in [0.15, 0.2) is 35.4 Å². The third-order valence-electron chi connectivity index (χ3n) is 4.47. The second kappa shape index (κ2) is 9.28. The van der Waals surface area contributed by atoms with E-state index in [1.807, 2.05) is 67.7 Å². The van der Waals surface area contributed by atoms with E-state index in [2.05, 4.69) is 5.32 Å². The molecule has 0 radical (unpaired) electrons. The largest absolute Gasteiger partial charge is 0.496 e. The van der Waals surface area contributed by atoms with Crippen molar-refractivity contribution in [2.45, 2.75) is 18.9 Å². The summed E-state index contributed by atoms with van der Waals surface area (Å²) in [7, 11) is 5.63. The van der Waals surface area contributed by atoms with E-state index in [9.17, 15) is 4.79 Å². The predicted octanol–water partition coefficient (Wildman–Crippen LogP) is 2.79. The number of fused-ring (bicyclic) bond motifs is 1. The number of methoxy groups -OCH3 is 1. The lowest BCUT2D eigenvalue weighted by Gasteiger charge is -2.11. The second-order valence-electron chi connectivity index (χ2n) is 7.07. The fraction of sp³-hybridized carbons (Fsp3) is 0.381. The Morgan fingerprint density at radius 3 is 2.76 bits per heavy atom. The van der Waals surface area contributed by atoms with E-state index in [1.165, 1.54) is 11.8 Å². The summed E-state index contributed by atoms with van der Waals surface area (Å²) in [5, 5.41) is 8.54. The average Bonchev–Trinajstić information content (AvgIpc) is 3.01. The molecule has 0 atom stereocenters. The zero-order chi connectivity index (χ0) is 21.0. The second-order valence-corrected chi connectivity index (χ2v) is 8.07. The van der Waals surface area contributed by atoms with Gasteiger partial charge in [-0.15, -0.1) is 0 Å². The standard InChI is InChI=1S/C21H27N5O2S/c1-14-12-19(29-13-18(27)22-10-11-25(3)4)26-21(23-14)20(15(2)24-26)16-8-6-7-9-17(16)28-5/h6-9,12H,10-11,13H2,1-5H3,(H,22,27).